The van der Waals surface area contributed by atoms with Crippen molar-refractivity contribution in [2.45, 2.75) is 231 Å². The summed E-state index contributed by atoms with van der Waals surface area (Å²) in [5, 5.41) is 41.7. The zero-order chi connectivity index (χ0) is 72.6. The third-order valence-electron chi connectivity index (χ3n) is 16.3. The summed E-state index contributed by atoms with van der Waals surface area (Å²) < 4.78 is 35.7. The molecule has 0 spiro atoms. The summed E-state index contributed by atoms with van der Waals surface area (Å²) >= 11 is 0. The summed E-state index contributed by atoms with van der Waals surface area (Å²) in [6.45, 7) is 27.8. The highest BCUT2D eigenvalue weighted by molar-refractivity contribution is 6.74. The number of amides is 10. The van der Waals surface area contributed by atoms with Crippen LogP contribution in [-0.2, 0) is 75.7 Å². The SMILES string of the molecule is CN1CC(=O)N(C)[C@@H](C(C)(C)O)C(=O)OC[C@@H](NC(=O)OC(C)(C)C)C(=O)N2N=CC[C@H](O[Si](C)(C)C(C)(C)C)[C@H]2C(=O)NCC(=O)N(C)CC(=O)N(C)[C@@H](C(C)(C)O)C(=O)OC[C@@H](NC(=O)OC(C)(C)C)C(=O)N2N=CC[C@H](O[Si](C)(C)C(C)(C)C)[C@H]2C(=O)NCC1=O. The monoisotopic (exact) mass is 1370 g/mol. The highest BCUT2D eigenvalue weighted by atomic mass is 28.4. The van der Waals surface area contributed by atoms with Gasteiger partial charge in [0.25, 0.3) is 11.8 Å². The number of alkyl carbamates (subject to hydrolysis) is 2. The Bertz CT molecular complexity index is 2700. The summed E-state index contributed by atoms with van der Waals surface area (Å²) in [6.07, 6.45) is -2.20. The molecule has 3 aliphatic rings. The van der Waals surface area contributed by atoms with Crippen molar-refractivity contribution in [1.29, 1.82) is 0 Å². The van der Waals surface area contributed by atoms with Gasteiger partial charge < -0.3 is 78.9 Å². The first-order valence-electron chi connectivity index (χ1n) is 30.9. The Morgan fingerprint density at radius 1 is 0.521 bits per heavy atom. The number of fused-ring (bicyclic) bond motifs is 2. The van der Waals surface area contributed by atoms with E-state index in [2.05, 4.69) is 31.5 Å². The van der Waals surface area contributed by atoms with Crippen molar-refractivity contribution >= 4 is 100 Å². The fourth-order valence-corrected chi connectivity index (χ4v) is 11.9. The van der Waals surface area contributed by atoms with Crippen LogP contribution < -0.4 is 21.3 Å². The Morgan fingerprint density at radius 2 is 0.819 bits per heavy atom. The van der Waals surface area contributed by atoms with Gasteiger partial charge in [0.2, 0.25) is 35.4 Å². The number of hydrazone groups is 2. The van der Waals surface area contributed by atoms with Gasteiger partial charge in [0.1, 0.15) is 36.5 Å². The topological polar surface area (TPSA) is 393 Å². The van der Waals surface area contributed by atoms with Gasteiger partial charge in [-0.2, -0.15) is 10.2 Å². The number of ether oxygens (including phenoxy) is 4. The van der Waals surface area contributed by atoms with Crippen LogP contribution >= 0.6 is 0 Å². The van der Waals surface area contributed by atoms with E-state index in [-0.39, 0.29) is 12.8 Å². The molecule has 32 nitrogen and oxygen atoms in total. The lowest BCUT2D eigenvalue weighted by molar-refractivity contribution is -0.166. The quantitative estimate of drug-likeness (QED) is 0.113. The van der Waals surface area contributed by atoms with Crippen LogP contribution in [0.1, 0.15) is 124 Å². The molecule has 1 fully saturated rings. The van der Waals surface area contributed by atoms with Crippen LogP contribution in [-0.4, -0.2) is 279 Å². The second kappa shape index (κ2) is 31.2. The second-order valence-electron chi connectivity index (χ2n) is 29.9. The van der Waals surface area contributed by atoms with Gasteiger partial charge in [-0.3, -0.25) is 38.4 Å². The van der Waals surface area contributed by atoms with E-state index < -0.39 is 208 Å². The lowest BCUT2D eigenvalue weighted by Gasteiger charge is -2.44. The van der Waals surface area contributed by atoms with Gasteiger partial charge in [0, 0.05) is 53.5 Å². The van der Waals surface area contributed by atoms with Gasteiger partial charge >= 0.3 is 24.1 Å². The van der Waals surface area contributed by atoms with Crippen molar-refractivity contribution in [1.82, 2.24) is 50.9 Å². The van der Waals surface area contributed by atoms with E-state index in [0.717, 1.165) is 33.7 Å². The van der Waals surface area contributed by atoms with E-state index in [4.69, 9.17) is 27.8 Å². The Morgan fingerprint density at radius 3 is 1.09 bits per heavy atom. The van der Waals surface area contributed by atoms with Crippen molar-refractivity contribution < 1.29 is 95.5 Å². The summed E-state index contributed by atoms with van der Waals surface area (Å²) in [4.78, 5) is 175. The smallest absolute Gasteiger partial charge is 0.408 e. The van der Waals surface area contributed by atoms with E-state index in [1.54, 1.807) is 0 Å². The molecule has 3 aliphatic heterocycles. The first kappa shape index (κ1) is 81.1. The predicted octanol–water partition coefficient (Wildman–Crippen LogP) is 1.17. The first-order valence-corrected chi connectivity index (χ1v) is 36.7. The molecule has 0 bridgehead atoms. The van der Waals surface area contributed by atoms with Crippen molar-refractivity contribution in [3.8, 4) is 0 Å². The van der Waals surface area contributed by atoms with Crippen LogP contribution in [0, 0.1) is 0 Å². The molecule has 3 rings (SSSR count). The molecule has 8 atom stereocenters. The van der Waals surface area contributed by atoms with Crippen molar-refractivity contribution in [2.24, 2.45) is 10.2 Å². The maximum atomic E-state index is 15.0. The second-order valence-corrected chi connectivity index (χ2v) is 39.4. The maximum absolute atomic E-state index is 15.0. The van der Waals surface area contributed by atoms with Crippen LogP contribution in [0.15, 0.2) is 10.2 Å². The zero-order valence-electron chi connectivity index (χ0n) is 59.3. The highest BCUT2D eigenvalue weighted by Gasteiger charge is 2.51. The number of likely N-dealkylation sites (N-methyl/N-ethyl adjacent to an activating group) is 4. The number of nitrogens with one attached hydrogen (secondary N) is 4. The van der Waals surface area contributed by atoms with Crippen molar-refractivity contribution in [3.05, 3.63) is 0 Å². The Hall–Kier alpha value is -7.15. The first-order chi connectivity index (χ1) is 42.5. The highest BCUT2D eigenvalue weighted by Crippen LogP contribution is 2.40. The number of aliphatic hydroxyl groups is 2. The van der Waals surface area contributed by atoms with Crippen molar-refractivity contribution in [2.75, 3.05) is 67.6 Å². The number of rotatable bonds is 8. The summed E-state index contributed by atoms with van der Waals surface area (Å²) in [5.74, 6) is -10.7. The number of esters is 2. The maximum Gasteiger partial charge on any atom is 0.408 e. The van der Waals surface area contributed by atoms with E-state index in [0.29, 0.717) is 10.0 Å². The van der Waals surface area contributed by atoms with Gasteiger partial charge in [-0.05, 0) is 106 Å². The fraction of sp³-hybridized carbons (Fsp3) is 0.767. The number of carbonyl (C=O) groups is 12. The molecule has 0 radical (unpaired) electrons. The Labute approximate surface area is 553 Å². The molecule has 1 saturated heterocycles. The van der Waals surface area contributed by atoms with E-state index in [9.17, 15) is 58.2 Å². The molecule has 34 heteroatoms. The number of cyclic esters (lactones) is 2. The lowest BCUT2D eigenvalue weighted by atomic mass is 9.97. The minimum Gasteiger partial charge on any atom is -0.461 e. The van der Waals surface area contributed by atoms with Crippen molar-refractivity contribution in [3.63, 3.8) is 0 Å². The molecule has 3 heterocycles. The van der Waals surface area contributed by atoms with Crippen LogP contribution in [0.25, 0.3) is 0 Å². The van der Waals surface area contributed by atoms with Gasteiger partial charge in [-0.25, -0.2) is 29.2 Å². The number of hydrogen-bond acceptors (Lipinski definition) is 22. The van der Waals surface area contributed by atoms with Crippen LogP contribution in [0.2, 0.25) is 36.3 Å². The normalized spacial score (nSPS) is 24.9. The summed E-state index contributed by atoms with van der Waals surface area (Å²) in [6, 6.07) is -11.0. The standard InChI is InChI=1S/C60H104N12O20Si2/c1-55(2,3)89-53(83)65-35-33-87-51(81)45(59(13,14)85)69(19)41(75)31-67(17)40(74)30-62-48(78)44-38(92-94(23,24)58(10,11)12)26-28-64-72(44)50(80)36(66-54(84)90-56(4,5)6)34-88-52(82)46(60(15,16)86)70(20)42(76)32-68(18)39(73)29-61-47(77)43-37(25-27-63-71(43)49(35)79)91-93(21,22)57(7,8)9/h27-28,35-38,43-46,85-86H,25-26,29-34H2,1-24H3,(H,61,77)(H,62,78)(H,65,83)(H,66,84)/t35-,36-,37+,38+,43+,44+,45-,46-/m1/s1. The molecule has 10 amide bonds. The summed E-state index contributed by atoms with van der Waals surface area (Å²) in [5.41, 5.74) is -6.52. The zero-order valence-corrected chi connectivity index (χ0v) is 61.3. The van der Waals surface area contributed by atoms with Crippen LogP contribution in [0.4, 0.5) is 9.59 Å². The number of nitrogens with zero attached hydrogens (tertiary/aromatic N) is 8. The molecule has 0 aliphatic carbocycles. The number of carbonyl (C=O) groups excluding carboxylic acids is 12. The Kier molecular flexibility index (Phi) is 26.9. The van der Waals surface area contributed by atoms with Gasteiger partial charge in [0.05, 0.1) is 49.6 Å². The lowest BCUT2D eigenvalue weighted by Crippen LogP contribution is -2.63. The van der Waals surface area contributed by atoms with Crippen LogP contribution in [0.5, 0.6) is 0 Å². The van der Waals surface area contributed by atoms with E-state index in [1.807, 2.05) is 67.7 Å². The summed E-state index contributed by atoms with van der Waals surface area (Å²) in [7, 11) is -1.05. The average molecular weight is 1370 g/mol. The molecular formula is C60H104N12O20Si2. The molecule has 94 heavy (non-hydrogen) atoms. The largest absolute Gasteiger partial charge is 0.461 e. The van der Waals surface area contributed by atoms with E-state index >= 15 is 9.59 Å². The van der Waals surface area contributed by atoms with Gasteiger partial charge in [0.15, 0.2) is 40.8 Å². The average Bonchev–Trinajstić information content (AvgIpc) is 0.793. The molecule has 0 saturated carbocycles. The van der Waals surface area contributed by atoms with Gasteiger partial charge in [-0.15, -0.1) is 0 Å². The molecule has 0 aromatic rings. The van der Waals surface area contributed by atoms with E-state index in [1.165, 1.54) is 95.8 Å². The minimum absolute atomic E-state index is 0.0474. The molecule has 532 valence electrons. The molecule has 0 aromatic carbocycles. The third kappa shape index (κ3) is 22.5. The predicted molar refractivity (Wildman–Crippen MR) is 347 cm³/mol. The number of hydrogen-bond donors (Lipinski definition) is 6. The fourth-order valence-electron chi connectivity index (χ4n) is 9.27. The molecule has 0 unspecified atom stereocenters. The molecule has 6 N–H and O–H groups in total. The molecule has 0 aromatic heterocycles. The van der Waals surface area contributed by atoms with Gasteiger partial charge in [-0.1, -0.05) is 41.5 Å². The molecular weight excluding hydrogens is 1260 g/mol. The van der Waals surface area contributed by atoms with Crippen LogP contribution in [0.3, 0.4) is 0 Å². The Balaban J connectivity index is 2.31. The third-order valence-corrected chi connectivity index (χ3v) is 25.4. The minimum atomic E-state index is -2.85.